The van der Waals surface area contributed by atoms with Crippen LogP contribution >= 0.6 is 11.6 Å². The van der Waals surface area contributed by atoms with Crippen molar-refractivity contribution in [3.63, 3.8) is 0 Å². The molecule has 0 aliphatic heterocycles. The first kappa shape index (κ1) is 18.5. The number of hydrogen-bond donors (Lipinski definition) is 1. The number of nitrogens with two attached hydrogens (primary N) is 1. The van der Waals surface area contributed by atoms with Crippen molar-refractivity contribution in [1.29, 1.82) is 0 Å². The van der Waals surface area contributed by atoms with Crippen LogP contribution in [-0.2, 0) is 17.4 Å². The first-order valence-electron chi connectivity index (χ1n) is 6.68. The lowest BCUT2D eigenvalue weighted by atomic mass is 10.1. The molecule has 0 radical (unpaired) electrons. The quantitative estimate of drug-likeness (QED) is 0.629. The number of nitro groups is 1. The number of ether oxygens (including phenoxy) is 1. The second kappa shape index (κ2) is 6.98. The van der Waals surface area contributed by atoms with Crippen LogP contribution in [0, 0.1) is 10.1 Å². The maximum Gasteiger partial charge on any atom is 0.416 e. The molecule has 10 heteroatoms. The summed E-state index contributed by atoms with van der Waals surface area (Å²) >= 11 is 5.78. The Balaban J connectivity index is 2.34. The molecule has 2 N–H and O–H groups in total. The van der Waals surface area contributed by atoms with E-state index in [-0.39, 0.29) is 27.8 Å². The predicted molar refractivity (Wildman–Crippen MR) is 82.5 cm³/mol. The number of primary amides is 1. The van der Waals surface area contributed by atoms with Crippen LogP contribution in [0.5, 0.6) is 11.5 Å². The number of alkyl halides is 3. The van der Waals surface area contributed by atoms with Gasteiger partial charge in [-0.25, -0.2) is 0 Å². The van der Waals surface area contributed by atoms with Gasteiger partial charge in [0.15, 0.2) is 0 Å². The van der Waals surface area contributed by atoms with Gasteiger partial charge in [-0.2, -0.15) is 13.2 Å². The zero-order valence-corrected chi connectivity index (χ0v) is 13.1. The van der Waals surface area contributed by atoms with Crippen molar-refractivity contribution in [3.05, 3.63) is 62.7 Å². The maximum atomic E-state index is 12.6. The highest BCUT2D eigenvalue weighted by Gasteiger charge is 2.31. The van der Waals surface area contributed by atoms with Gasteiger partial charge in [-0.15, -0.1) is 0 Å². The zero-order chi connectivity index (χ0) is 18.8. The number of halogens is 4. The van der Waals surface area contributed by atoms with Gasteiger partial charge in [0, 0.05) is 11.6 Å². The maximum absolute atomic E-state index is 12.6. The number of benzene rings is 2. The van der Waals surface area contributed by atoms with Crippen LogP contribution in [0.2, 0.25) is 5.02 Å². The van der Waals surface area contributed by atoms with Crippen LogP contribution in [0.1, 0.15) is 11.1 Å². The van der Waals surface area contributed by atoms with E-state index in [1.54, 1.807) is 0 Å². The fourth-order valence-corrected chi connectivity index (χ4v) is 2.24. The third-order valence-corrected chi connectivity index (χ3v) is 3.39. The van der Waals surface area contributed by atoms with E-state index >= 15 is 0 Å². The van der Waals surface area contributed by atoms with Crippen LogP contribution in [-0.4, -0.2) is 10.8 Å². The summed E-state index contributed by atoms with van der Waals surface area (Å²) in [5.74, 6) is -0.801. The summed E-state index contributed by atoms with van der Waals surface area (Å²) in [6.45, 7) is 0. The number of rotatable bonds is 5. The van der Waals surface area contributed by atoms with Crippen LogP contribution in [0.15, 0.2) is 36.4 Å². The number of hydrogen-bond acceptors (Lipinski definition) is 4. The normalized spacial score (nSPS) is 11.2. The van der Waals surface area contributed by atoms with Crippen molar-refractivity contribution in [1.82, 2.24) is 0 Å². The SMILES string of the molecule is NC(=O)Cc1cc(Oc2ccc(C(F)(F)F)cc2Cl)ccc1[N+](=O)[O-]. The molecule has 0 aliphatic carbocycles. The van der Waals surface area contributed by atoms with Gasteiger partial charge in [-0.1, -0.05) is 11.6 Å². The topological polar surface area (TPSA) is 95.5 Å². The van der Waals surface area contributed by atoms with E-state index in [1.165, 1.54) is 12.1 Å². The van der Waals surface area contributed by atoms with Gasteiger partial charge in [0.2, 0.25) is 5.91 Å². The molecular weight excluding hydrogens is 365 g/mol. The van der Waals surface area contributed by atoms with Crippen molar-refractivity contribution in [2.45, 2.75) is 12.6 Å². The van der Waals surface area contributed by atoms with Crippen molar-refractivity contribution >= 4 is 23.2 Å². The lowest BCUT2D eigenvalue weighted by Crippen LogP contribution is -2.14. The minimum absolute atomic E-state index is 0.0121. The summed E-state index contributed by atoms with van der Waals surface area (Å²) in [5.41, 5.74) is 3.79. The summed E-state index contributed by atoms with van der Waals surface area (Å²) < 4.78 is 43.2. The molecule has 0 heterocycles. The van der Waals surface area contributed by atoms with Crippen LogP contribution in [0.3, 0.4) is 0 Å². The third-order valence-electron chi connectivity index (χ3n) is 3.10. The van der Waals surface area contributed by atoms with Crippen LogP contribution in [0.4, 0.5) is 18.9 Å². The minimum atomic E-state index is -4.55. The largest absolute Gasteiger partial charge is 0.456 e. The van der Waals surface area contributed by atoms with Gasteiger partial charge in [-0.3, -0.25) is 14.9 Å². The minimum Gasteiger partial charge on any atom is -0.456 e. The highest BCUT2D eigenvalue weighted by atomic mass is 35.5. The van der Waals surface area contributed by atoms with Gasteiger partial charge in [0.1, 0.15) is 11.5 Å². The smallest absolute Gasteiger partial charge is 0.416 e. The van der Waals surface area contributed by atoms with E-state index in [4.69, 9.17) is 22.1 Å². The highest BCUT2D eigenvalue weighted by Crippen LogP contribution is 2.37. The molecule has 0 unspecified atom stereocenters. The van der Waals surface area contributed by atoms with Crippen molar-refractivity contribution in [2.75, 3.05) is 0 Å². The van der Waals surface area contributed by atoms with Gasteiger partial charge >= 0.3 is 6.18 Å². The average Bonchev–Trinajstić information content (AvgIpc) is 2.47. The number of nitrogens with zero attached hydrogens (tertiary/aromatic N) is 1. The molecule has 0 bridgehead atoms. The Morgan fingerprint density at radius 1 is 1.24 bits per heavy atom. The van der Waals surface area contributed by atoms with Gasteiger partial charge in [0.25, 0.3) is 5.69 Å². The molecule has 132 valence electrons. The van der Waals surface area contributed by atoms with Crippen LogP contribution in [0.25, 0.3) is 0 Å². The van der Waals surface area contributed by atoms with Crippen molar-refractivity contribution in [2.24, 2.45) is 5.73 Å². The van der Waals surface area contributed by atoms with E-state index in [9.17, 15) is 28.1 Å². The molecule has 2 aromatic rings. The highest BCUT2D eigenvalue weighted by molar-refractivity contribution is 6.32. The molecule has 0 fully saturated rings. The first-order chi connectivity index (χ1) is 11.6. The Morgan fingerprint density at radius 2 is 1.92 bits per heavy atom. The molecule has 0 aromatic heterocycles. The van der Waals surface area contributed by atoms with E-state index in [2.05, 4.69) is 0 Å². The number of carbonyl (C=O) groups is 1. The number of amides is 1. The number of carbonyl (C=O) groups excluding carboxylic acids is 1. The Kier molecular flexibility index (Phi) is 5.17. The summed E-state index contributed by atoms with van der Waals surface area (Å²) in [4.78, 5) is 21.3. The monoisotopic (exact) mass is 374 g/mol. The van der Waals surface area contributed by atoms with Crippen molar-refractivity contribution in [3.8, 4) is 11.5 Å². The van der Waals surface area contributed by atoms with Crippen LogP contribution < -0.4 is 10.5 Å². The van der Waals surface area contributed by atoms with E-state index in [0.717, 1.165) is 18.2 Å². The predicted octanol–water partition coefficient (Wildman–Crippen LogP) is 4.09. The van der Waals surface area contributed by atoms with E-state index < -0.39 is 29.0 Å². The summed E-state index contributed by atoms with van der Waals surface area (Å²) in [6.07, 6.45) is -4.95. The lowest BCUT2D eigenvalue weighted by Gasteiger charge is -2.12. The Morgan fingerprint density at radius 3 is 2.44 bits per heavy atom. The molecule has 2 rings (SSSR count). The molecule has 0 spiro atoms. The summed E-state index contributed by atoms with van der Waals surface area (Å²) in [7, 11) is 0. The number of nitro benzene ring substituents is 1. The first-order valence-corrected chi connectivity index (χ1v) is 7.06. The second-order valence-electron chi connectivity index (χ2n) is 4.94. The molecular formula is C15H10ClF3N2O4. The third kappa shape index (κ3) is 4.60. The molecule has 2 aromatic carbocycles. The van der Waals surface area contributed by atoms with Gasteiger partial charge < -0.3 is 10.5 Å². The molecule has 0 aliphatic rings. The molecule has 1 amide bonds. The zero-order valence-electron chi connectivity index (χ0n) is 12.3. The molecule has 0 saturated heterocycles. The molecule has 0 atom stereocenters. The molecule has 25 heavy (non-hydrogen) atoms. The van der Waals surface area contributed by atoms with E-state index in [0.29, 0.717) is 6.07 Å². The van der Waals surface area contributed by atoms with E-state index in [1.807, 2.05) is 0 Å². The average molecular weight is 375 g/mol. The Hall–Kier alpha value is -2.81. The Bertz CT molecular complexity index is 840. The summed E-state index contributed by atoms with van der Waals surface area (Å²) in [6, 6.07) is 6.06. The fourth-order valence-electron chi connectivity index (χ4n) is 2.02. The standard InChI is InChI=1S/C15H10ClF3N2O4/c16-11-7-9(15(17,18)19)1-4-13(11)25-10-2-3-12(21(23)24)8(5-10)6-14(20)22/h1-5,7H,6H2,(H2,20,22). The molecule has 0 saturated carbocycles. The Labute approximate surface area is 144 Å². The van der Waals surface area contributed by atoms with Gasteiger partial charge in [-0.05, 0) is 30.3 Å². The molecule has 6 nitrogen and oxygen atoms in total. The van der Waals surface area contributed by atoms with Crippen molar-refractivity contribution < 1.29 is 27.6 Å². The van der Waals surface area contributed by atoms with Gasteiger partial charge in [0.05, 0.1) is 21.9 Å². The lowest BCUT2D eigenvalue weighted by molar-refractivity contribution is -0.385. The second-order valence-corrected chi connectivity index (χ2v) is 5.34. The summed E-state index contributed by atoms with van der Waals surface area (Å²) in [5, 5.41) is 10.7. The fraction of sp³-hybridized carbons (Fsp3) is 0.133.